The van der Waals surface area contributed by atoms with Crippen molar-refractivity contribution in [1.29, 1.82) is 0 Å². The molecule has 1 rings (SSSR count). The van der Waals surface area contributed by atoms with Gasteiger partial charge in [-0.25, -0.2) is 17.5 Å². The van der Waals surface area contributed by atoms with Crippen LogP contribution in [-0.2, 0) is 14.8 Å². The van der Waals surface area contributed by atoms with E-state index in [1.54, 1.807) is 0 Å². The van der Waals surface area contributed by atoms with Crippen molar-refractivity contribution in [3.63, 3.8) is 0 Å². The molecule has 0 aliphatic carbocycles. The molecular weight excluding hydrogens is 281 g/mol. The number of rotatable bonds is 7. The quantitative estimate of drug-likeness (QED) is 0.780. The van der Waals surface area contributed by atoms with Crippen LogP contribution in [0.3, 0.4) is 0 Å². The fourth-order valence-corrected chi connectivity index (χ4v) is 3.05. The smallest absolute Gasteiger partial charge is 0.243 e. The van der Waals surface area contributed by atoms with Crippen molar-refractivity contribution in [1.82, 2.24) is 4.72 Å². The molecule has 7 heteroatoms. The number of alkyl halides is 1. The van der Waals surface area contributed by atoms with Gasteiger partial charge in [-0.3, -0.25) is 0 Å². The van der Waals surface area contributed by atoms with E-state index in [0.717, 1.165) is 6.07 Å². The molecule has 102 valence electrons. The van der Waals surface area contributed by atoms with Gasteiger partial charge in [-0.05, 0) is 18.6 Å². The molecule has 1 aromatic carbocycles. The van der Waals surface area contributed by atoms with Gasteiger partial charge in [0, 0.05) is 19.0 Å². The maximum Gasteiger partial charge on any atom is 0.243 e. The van der Waals surface area contributed by atoms with Crippen molar-refractivity contribution in [2.24, 2.45) is 0 Å². The number of hydrogen-bond donors (Lipinski definition) is 1. The lowest BCUT2D eigenvalue weighted by Crippen LogP contribution is -2.38. The zero-order valence-electron chi connectivity index (χ0n) is 9.90. The van der Waals surface area contributed by atoms with Crippen LogP contribution in [0.5, 0.6) is 0 Å². The lowest BCUT2D eigenvalue weighted by Gasteiger charge is -2.17. The van der Waals surface area contributed by atoms with Crippen LogP contribution in [0.25, 0.3) is 0 Å². The third-order valence-electron chi connectivity index (χ3n) is 2.27. The van der Waals surface area contributed by atoms with E-state index < -0.39 is 21.9 Å². The molecule has 0 saturated carbocycles. The molecule has 1 aromatic rings. The highest BCUT2D eigenvalue weighted by Crippen LogP contribution is 2.14. The molecule has 0 amide bonds. The maximum atomic E-state index is 13.4. The minimum atomic E-state index is -3.90. The van der Waals surface area contributed by atoms with E-state index in [9.17, 15) is 12.8 Å². The summed E-state index contributed by atoms with van der Waals surface area (Å²) in [4.78, 5) is -0.374. The van der Waals surface area contributed by atoms with Crippen LogP contribution in [-0.4, -0.2) is 34.1 Å². The summed E-state index contributed by atoms with van der Waals surface area (Å²) in [5.41, 5.74) is 0. The van der Waals surface area contributed by atoms with E-state index in [1.807, 2.05) is 0 Å². The Bertz CT molecular complexity index is 475. The zero-order valence-corrected chi connectivity index (χ0v) is 11.5. The molecule has 0 fully saturated rings. The Hall–Kier alpha value is -0.690. The Morgan fingerprint density at radius 2 is 2.11 bits per heavy atom. The topological polar surface area (TPSA) is 55.4 Å². The summed E-state index contributed by atoms with van der Waals surface area (Å²) in [5, 5.41) is 0. The number of hydrogen-bond acceptors (Lipinski definition) is 3. The van der Waals surface area contributed by atoms with Gasteiger partial charge in [0.05, 0.1) is 6.61 Å². The van der Waals surface area contributed by atoms with Crippen molar-refractivity contribution in [3.8, 4) is 0 Å². The number of methoxy groups -OCH3 is 1. The van der Waals surface area contributed by atoms with Gasteiger partial charge in [0.15, 0.2) is 0 Å². The summed E-state index contributed by atoms with van der Waals surface area (Å²) in [6.45, 7) is 0.181. The maximum absolute atomic E-state index is 13.4. The van der Waals surface area contributed by atoms with Gasteiger partial charge in [0.1, 0.15) is 10.7 Å². The van der Waals surface area contributed by atoms with E-state index in [1.165, 1.54) is 25.3 Å². The Morgan fingerprint density at radius 1 is 1.44 bits per heavy atom. The first-order chi connectivity index (χ1) is 8.51. The predicted octanol–water partition coefficient (Wildman–Crippen LogP) is 1.75. The molecule has 4 nitrogen and oxygen atoms in total. The van der Waals surface area contributed by atoms with E-state index in [4.69, 9.17) is 16.3 Å². The highest BCUT2D eigenvalue weighted by Gasteiger charge is 2.22. The Morgan fingerprint density at radius 3 is 2.67 bits per heavy atom. The van der Waals surface area contributed by atoms with Crippen LogP contribution >= 0.6 is 11.6 Å². The van der Waals surface area contributed by atoms with Gasteiger partial charge in [-0.2, -0.15) is 0 Å². The fourth-order valence-electron chi connectivity index (χ4n) is 1.45. The van der Waals surface area contributed by atoms with Crippen LogP contribution in [0.1, 0.15) is 6.42 Å². The lowest BCUT2D eigenvalue weighted by molar-refractivity contribution is 0.173. The summed E-state index contributed by atoms with van der Waals surface area (Å²) >= 11 is 5.57. The minimum absolute atomic E-state index is 0.181. The van der Waals surface area contributed by atoms with Gasteiger partial charge >= 0.3 is 0 Å². The normalized spacial score (nSPS) is 13.5. The first-order valence-electron chi connectivity index (χ1n) is 5.33. The van der Waals surface area contributed by atoms with Crippen LogP contribution in [0.2, 0.25) is 0 Å². The van der Waals surface area contributed by atoms with Crippen molar-refractivity contribution in [2.45, 2.75) is 17.4 Å². The molecule has 0 aromatic heterocycles. The van der Waals surface area contributed by atoms with E-state index in [-0.39, 0.29) is 17.4 Å². The molecule has 0 spiro atoms. The van der Waals surface area contributed by atoms with Crippen LogP contribution in [0.4, 0.5) is 4.39 Å². The van der Waals surface area contributed by atoms with Crippen LogP contribution in [0.15, 0.2) is 29.2 Å². The molecule has 1 unspecified atom stereocenters. The Balaban J connectivity index is 2.90. The molecule has 0 aliphatic rings. The second-order valence-electron chi connectivity index (χ2n) is 3.68. The van der Waals surface area contributed by atoms with Crippen LogP contribution in [0, 0.1) is 5.82 Å². The van der Waals surface area contributed by atoms with Gasteiger partial charge in [-0.1, -0.05) is 12.1 Å². The second kappa shape index (κ2) is 7.04. The monoisotopic (exact) mass is 295 g/mol. The molecule has 1 atom stereocenters. The highest BCUT2D eigenvalue weighted by molar-refractivity contribution is 7.89. The number of benzene rings is 1. The molecule has 0 saturated heterocycles. The number of nitrogens with one attached hydrogen (secondary N) is 1. The Kier molecular flexibility index (Phi) is 6.01. The van der Waals surface area contributed by atoms with Crippen molar-refractivity contribution >= 4 is 21.6 Å². The summed E-state index contributed by atoms with van der Waals surface area (Å²) in [6.07, 6.45) is 0.406. The molecule has 0 aliphatic heterocycles. The second-order valence-corrected chi connectivity index (χ2v) is 5.74. The molecule has 0 heterocycles. The molecular formula is C11H15ClFNO3S. The standard InChI is InChI=1S/C11H15ClFNO3S/c1-17-8-9(6-7-12)14-18(15,16)11-5-3-2-4-10(11)13/h2-5,9,14H,6-8H2,1H3. The molecule has 0 bridgehead atoms. The summed E-state index contributed by atoms with van der Waals surface area (Å²) in [5.74, 6) is -0.500. The van der Waals surface area contributed by atoms with E-state index in [2.05, 4.69) is 4.72 Å². The number of halogens is 2. The van der Waals surface area contributed by atoms with Crippen molar-refractivity contribution in [2.75, 3.05) is 19.6 Å². The summed E-state index contributed by atoms with van der Waals surface area (Å²) in [6, 6.07) is 4.73. The average molecular weight is 296 g/mol. The fraction of sp³-hybridized carbons (Fsp3) is 0.455. The zero-order chi connectivity index (χ0) is 13.6. The summed E-state index contributed by atoms with van der Waals surface area (Å²) in [7, 11) is -2.44. The van der Waals surface area contributed by atoms with Gasteiger partial charge in [0.2, 0.25) is 10.0 Å². The number of ether oxygens (including phenoxy) is 1. The largest absolute Gasteiger partial charge is 0.383 e. The minimum Gasteiger partial charge on any atom is -0.383 e. The number of sulfonamides is 1. The van der Waals surface area contributed by atoms with Crippen LogP contribution < -0.4 is 4.72 Å². The van der Waals surface area contributed by atoms with Crippen molar-refractivity contribution in [3.05, 3.63) is 30.1 Å². The van der Waals surface area contributed by atoms with E-state index >= 15 is 0 Å². The predicted molar refractivity (Wildman–Crippen MR) is 67.7 cm³/mol. The van der Waals surface area contributed by atoms with Gasteiger partial charge in [0.25, 0.3) is 0 Å². The SMILES string of the molecule is COCC(CCCl)NS(=O)(=O)c1ccccc1F. The van der Waals surface area contributed by atoms with Gasteiger partial charge in [-0.15, -0.1) is 11.6 Å². The first-order valence-corrected chi connectivity index (χ1v) is 7.34. The molecule has 0 radical (unpaired) electrons. The third-order valence-corrected chi connectivity index (χ3v) is 4.05. The first kappa shape index (κ1) is 15.4. The molecule has 18 heavy (non-hydrogen) atoms. The van der Waals surface area contributed by atoms with E-state index in [0.29, 0.717) is 6.42 Å². The highest BCUT2D eigenvalue weighted by atomic mass is 35.5. The third kappa shape index (κ3) is 4.20. The summed E-state index contributed by atoms with van der Waals surface area (Å²) < 4.78 is 44.6. The average Bonchev–Trinajstić information content (AvgIpc) is 2.29. The Labute approximate surface area is 111 Å². The lowest BCUT2D eigenvalue weighted by atomic mass is 10.3. The van der Waals surface area contributed by atoms with Crippen molar-refractivity contribution < 1.29 is 17.5 Å². The molecule has 1 N–H and O–H groups in total. The van der Waals surface area contributed by atoms with Gasteiger partial charge < -0.3 is 4.74 Å².